The molecule has 2 heterocycles. The van der Waals surface area contributed by atoms with Gasteiger partial charge < -0.3 is 10.2 Å². The van der Waals surface area contributed by atoms with E-state index in [1.807, 2.05) is 5.32 Å². The molecule has 0 saturated heterocycles. The summed E-state index contributed by atoms with van der Waals surface area (Å²) in [5, 5.41) is 1.95. The lowest BCUT2D eigenvalue weighted by Gasteiger charge is -2.35. The standard InChI is InChI=1S/C25H24F3N3O3/c1-15-6-4-8-17(10-15)21(33)30-24(25(26,27)28)20-18(11-23(2,3)12-19(20)32)31(22(24)34)14-16-7-5-9-29-13-16/h4-10,13H,11-12,14H2,1-3H3,(H,30,33)/t24-/m1/s1. The van der Waals surface area contributed by atoms with Crippen molar-refractivity contribution in [2.75, 3.05) is 0 Å². The number of halogens is 3. The van der Waals surface area contributed by atoms with Crippen LogP contribution in [0.15, 0.2) is 60.1 Å². The first-order valence-corrected chi connectivity index (χ1v) is 10.8. The minimum absolute atomic E-state index is 0.00281. The summed E-state index contributed by atoms with van der Waals surface area (Å²) in [6.07, 6.45) is -2.38. The van der Waals surface area contributed by atoms with E-state index in [9.17, 15) is 27.6 Å². The van der Waals surface area contributed by atoms with Crippen LogP contribution in [0.1, 0.15) is 48.2 Å². The highest BCUT2D eigenvalue weighted by atomic mass is 19.4. The van der Waals surface area contributed by atoms with Crippen LogP contribution in [-0.4, -0.2) is 39.2 Å². The number of pyridine rings is 1. The summed E-state index contributed by atoms with van der Waals surface area (Å²) in [5.74, 6) is -3.27. The zero-order chi connectivity index (χ0) is 24.9. The SMILES string of the molecule is Cc1cccc(C(=O)N[C@@]2(C(F)(F)F)C(=O)N(Cc3cccnc3)C3=C2C(=O)CC(C)(C)C3)c1. The van der Waals surface area contributed by atoms with Gasteiger partial charge in [0.1, 0.15) is 0 Å². The number of aryl methyl sites for hydroxylation is 1. The average molecular weight is 471 g/mol. The third-order valence-corrected chi connectivity index (χ3v) is 6.19. The first-order valence-electron chi connectivity index (χ1n) is 10.8. The van der Waals surface area contributed by atoms with E-state index in [0.717, 1.165) is 4.90 Å². The minimum atomic E-state index is -5.25. The number of carbonyl (C=O) groups is 3. The zero-order valence-electron chi connectivity index (χ0n) is 19.0. The Labute approximate surface area is 194 Å². The Morgan fingerprint density at radius 3 is 2.50 bits per heavy atom. The van der Waals surface area contributed by atoms with Gasteiger partial charge in [0, 0.05) is 30.1 Å². The van der Waals surface area contributed by atoms with E-state index in [2.05, 4.69) is 4.98 Å². The maximum atomic E-state index is 14.8. The maximum Gasteiger partial charge on any atom is 0.425 e. The highest BCUT2D eigenvalue weighted by Crippen LogP contribution is 2.52. The van der Waals surface area contributed by atoms with Gasteiger partial charge in [-0.15, -0.1) is 0 Å². The third-order valence-electron chi connectivity index (χ3n) is 6.19. The van der Waals surface area contributed by atoms with E-state index in [1.54, 1.807) is 39.0 Å². The summed E-state index contributed by atoms with van der Waals surface area (Å²) >= 11 is 0. The monoisotopic (exact) mass is 471 g/mol. The van der Waals surface area contributed by atoms with Crippen molar-refractivity contribution >= 4 is 17.6 Å². The van der Waals surface area contributed by atoms with Gasteiger partial charge in [-0.25, -0.2) is 0 Å². The highest BCUT2D eigenvalue weighted by molar-refractivity contribution is 6.14. The van der Waals surface area contributed by atoms with Crippen LogP contribution >= 0.6 is 0 Å². The van der Waals surface area contributed by atoms with E-state index in [-0.39, 0.29) is 30.6 Å². The van der Waals surface area contributed by atoms with Crippen LogP contribution in [0.2, 0.25) is 0 Å². The molecule has 1 aromatic heterocycles. The van der Waals surface area contributed by atoms with E-state index < -0.39 is 40.3 Å². The van der Waals surface area contributed by atoms with Crippen molar-refractivity contribution in [2.45, 2.75) is 51.9 Å². The molecule has 0 bridgehead atoms. The molecule has 0 saturated carbocycles. The summed E-state index contributed by atoms with van der Waals surface area (Å²) in [5.41, 5.74) is -3.66. The zero-order valence-corrected chi connectivity index (χ0v) is 19.0. The second kappa shape index (κ2) is 8.07. The van der Waals surface area contributed by atoms with Gasteiger partial charge in [-0.2, -0.15) is 13.2 Å². The number of hydrogen-bond acceptors (Lipinski definition) is 4. The maximum absolute atomic E-state index is 14.8. The van der Waals surface area contributed by atoms with E-state index in [4.69, 9.17) is 0 Å². The average Bonchev–Trinajstić information content (AvgIpc) is 2.97. The summed E-state index contributed by atoms with van der Waals surface area (Å²) in [6, 6.07) is 9.26. The molecule has 2 amide bonds. The molecule has 2 aromatic rings. The minimum Gasteiger partial charge on any atom is -0.326 e. The molecule has 0 fully saturated rings. The van der Waals surface area contributed by atoms with Gasteiger partial charge in [-0.3, -0.25) is 19.4 Å². The Bertz CT molecular complexity index is 1200. The normalized spacial score (nSPS) is 22.1. The van der Waals surface area contributed by atoms with Crippen LogP contribution in [0.5, 0.6) is 0 Å². The van der Waals surface area contributed by atoms with Crippen molar-refractivity contribution in [1.82, 2.24) is 15.2 Å². The lowest BCUT2D eigenvalue weighted by Crippen LogP contribution is -2.66. The number of ketones is 1. The number of rotatable bonds is 4. The number of amides is 2. The van der Waals surface area contributed by atoms with E-state index >= 15 is 0 Å². The smallest absolute Gasteiger partial charge is 0.326 e. The molecule has 178 valence electrons. The summed E-state index contributed by atoms with van der Waals surface area (Å²) in [6.45, 7) is 5.02. The Morgan fingerprint density at radius 2 is 1.88 bits per heavy atom. The Kier molecular flexibility index (Phi) is 5.62. The van der Waals surface area contributed by atoms with Crippen LogP contribution in [0.3, 0.4) is 0 Å². The van der Waals surface area contributed by atoms with Crippen LogP contribution in [0.4, 0.5) is 13.2 Å². The van der Waals surface area contributed by atoms with Crippen LogP contribution in [-0.2, 0) is 16.1 Å². The topological polar surface area (TPSA) is 79.4 Å². The largest absolute Gasteiger partial charge is 0.425 e. The van der Waals surface area contributed by atoms with Crippen LogP contribution in [0.25, 0.3) is 0 Å². The highest BCUT2D eigenvalue weighted by Gasteiger charge is 2.71. The molecule has 1 atom stereocenters. The molecule has 1 aliphatic carbocycles. The number of alkyl halides is 3. The van der Waals surface area contributed by atoms with Crippen molar-refractivity contribution in [2.24, 2.45) is 5.41 Å². The number of nitrogens with one attached hydrogen (secondary N) is 1. The van der Waals surface area contributed by atoms with Gasteiger partial charge in [0.2, 0.25) is 5.54 Å². The number of Topliss-reactive ketones (excluding diaryl/α,β-unsaturated/α-hetero) is 1. The molecule has 2 aliphatic rings. The van der Waals surface area contributed by atoms with Gasteiger partial charge in [-0.1, -0.05) is 37.6 Å². The number of benzene rings is 1. The molecule has 9 heteroatoms. The Balaban J connectivity index is 1.88. The molecule has 1 aliphatic heterocycles. The number of carbonyl (C=O) groups excluding carboxylic acids is 3. The van der Waals surface area contributed by atoms with Crippen molar-refractivity contribution < 1.29 is 27.6 Å². The second-order valence-corrected chi connectivity index (χ2v) is 9.59. The van der Waals surface area contributed by atoms with Gasteiger partial charge in [0.25, 0.3) is 11.8 Å². The Morgan fingerprint density at radius 1 is 1.15 bits per heavy atom. The predicted molar refractivity (Wildman–Crippen MR) is 117 cm³/mol. The predicted octanol–water partition coefficient (Wildman–Crippen LogP) is 4.11. The summed E-state index contributed by atoms with van der Waals surface area (Å²) in [7, 11) is 0. The molecule has 4 rings (SSSR count). The van der Waals surface area contributed by atoms with Crippen LogP contribution < -0.4 is 5.32 Å². The van der Waals surface area contributed by atoms with Crippen LogP contribution in [0, 0.1) is 12.3 Å². The number of hydrogen-bond donors (Lipinski definition) is 1. The van der Waals surface area contributed by atoms with Crippen molar-refractivity contribution in [3.63, 3.8) is 0 Å². The molecule has 6 nitrogen and oxygen atoms in total. The van der Waals surface area contributed by atoms with Crippen molar-refractivity contribution in [3.05, 3.63) is 76.8 Å². The fourth-order valence-corrected chi connectivity index (χ4v) is 4.70. The molecular formula is C25H24F3N3O3. The lowest BCUT2D eigenvalue weighted by molar-refractivity contribution is -0.190. The first-order chi connectivity index (χ1) is 15.9. The number of nitrogens with zero attached hydrogens (tertiary/aromatic N) is 2. The molecule has 1 aromatic carbocycles. The van der Waals surface area contributed by atoms with Gasteiger partial charge in [0.15, 0.2) is 5.78 Å². The Hall–Kier alpha value is -3.49. The summed E-state index contributed by atoms with van der Waals surface area (Å²) in [4.78, 5) is 44.7. The first kappa shape index (κ1) is 23.7. The second-order valence-electron chi connectivity index (χ2n) is 9.59. The fourth-order valence-electron chi connectivity index (χ4n) is 4.70. The summed E-state index contributed by atoms with van der Waals surface area (Å²) < 4.78 is 44.4. The molecule has 0 unspecified atom stereocenters. The lowest BCUT2D eigenvalue weighted by atomic mass is 9.72. The number of aromatic nitrogens is 1. The quantitative estimate of drug-likeness (QED) is 0.728. The third kappa shape index (κ3) is 3.89. The molecular weight excluding hydrogens is 447 g/mol. The molecule has 34 heavy (non-hydrogen) atoms. The molecule has 0 radical (unpaired) electrons. The fraction of sp³-hybridized carbons (Fsp3) is 0.360. The van der Waals surface area contributed by atoms with Gasteiger partial charge in [0.05, 0.1) is 12.1 Å². The molecule has 0 spiro atoms. The number of allylic oxidation sites excluding steroid dienone is 1. The van der Waals surface area contributed by atoms with E-state index in [0.29, 0.717) is 11.1 Å². The molecule has 1 N–H and O–H groups in total. The van der Waals surface area contributed by atoms with E-state index in [1.165, 1.54) is 30.6 Å². The van der Waals surface area contributed by atoms with Gasteiger partial charge >= 0.3 is 6.18 Å². The van der Waals surface area contributed by atoms with Crippen molar-refractivity contribution in [3.8, 4) is 0 Å². The van der Waals surface area contributed by atoms with Crippen molar-refractivity contribution in [1.29, 1.82) is 0 Å². The van der Waals surface area contributed by atoms with Gasteiger partial charge in [-0.05, 0) is 42.5 Å².